The standard InChI is InChI=1S/C12H20N2O2/c1-16-7-11(12(13)15)14-6-10-5-8-2-3-9(10)4-8/h2-3,8-11,14H,4-7H2,1H3,(H2,13,15). The van der Waals surface area contributed by atoms with Crippen LogP contribution >= 0.6 is 0 Å². The first-order valence-corrected chi connectivity index (χ1v) is 5.90. The van der Waals surface area contributed by atoms with E-state index in [-0.39, 0.29) is 11.9 Å². The first-order chi connectivity index (χ1) is 7.70. The van der Waals surface area contributed by atoms with Gasteiger partial charge in [-0.25, -0.2) is 0 Å². The number of nitrogens with one attached hydrogen (secondary N) is 1. The highest BCUT2D eigenvalue weighted by Crippen LogP contribution is 2.42. The lowest BCUT2D eigenvalue weighted by atomic mass is 9.93. The Labute approximate surface area is 96.2 Å². The molecule has 16 heavy (non-hydrogen) atoms. The SMILES string of the molecule is COCC(NCC1CC2C=CC1C2)C(N)=O. The van der Waals surface area contributed by atoms with Gasteiger partial charge in [-0.15, -0.1) is 0 Å². The van der Waals surface area contributed by atoms with Gasteiger partial charge in [0.15, 0.2) is 0 Å². The maximum Gasteiger partial charge on any atom is 0.236 e. The highest BCUT2D eigenvalue weighted by atomic mass is 16.5. The highest BCUT2D eigenvalue weighted by Gasteiger charge is 2.35. The molecule has 2 aliphatic rings. The summed E-state index contributed by atoms with van der Waals surface area (Å²) in [5, 5.41) is 3.21. The Morgan fingerprint density at radius 1 is 1.56 bits per heavy atom. The van der Waals surface area contributed by atoms with E-state index in [9.17, 15) is 4.79 Å². The summed E-state index contributed by atoms with van der Waals surface area (Å²) in [5.41, 5.74) is 5.29. The number of hydrogen-bond acceptors (Lipinski definition) is 3. The molecule has 4 atom stereocenters. The molecule has 0 aliphatic heterocycles. The second-order valence-electron chi connectivity index (χ2n) is 4.86. The topological polar surface area (TPSA) is 64.3 Å². The number of hydrogen-bond donors (Lipinski definition) is 2. The zero-order valence-electron chi connectivity index (χ0n) is 9.69. The third-order valence-electron chi connectivity index (χ3n) is 3.72. The van der Waals surface area contributed by atoms with Crippen molar-refractivity contribution in [2.24, 2.45) is 23.5 Å². The number of amides is 1. The summed E-state index contributed by atoms with van der Waals surface area (Å²) >= 11 is 0. The van der Waals surface area contributed by atoms with Gasteiger partial charge in [-0.3, -0.25) is 4.79 Å². The van der Waals surface area contributed by atoms with Gasteiger partial charge in [0.25, 0.3) is 0 Å². The molecule has 4 nitrogen and oxygen atoms in total. The first-order valence-electron chi connectivity index (χ1n) is 5.90. The molecule has 0 radical (unpaired) electrons. The van der Waals surface area contributed by atoms with Gasteiger partial charge in [-0.05, 0) is 37.1 Å². The number of fused-ring (bicyclic) bond motifs is 2. The molecule has 4 heteroatoms. The molecule has 0 aromatic carbocycles. The number of ether oxygens (including phenoxy) is 1. The maximum absolute atomic E-state index is 11.1. The first kappa shape index (κ1) is 11.6. The smallest absolute Gasteiger partial charge is 0.236 e. The number of carbonyl (C=O) groups is 1. The van der Waals surface area contributed by atoms with Crippen molar-refractivity contribution in [3.05, 3.63) is 12.2 Å². The average Bonchev–Trinajstić information content (AvgIpc) is 2.85. The van der Waals surface area contributed by atoms with E-state index >= 15 is 0 Å². The quantitative estimate of drug-likeness (QED) is 0.637. The summed E-state index contributed by atoms with van der Waals surface area (Å²) in [6.45, 7) is 1.22. The number of carbonyl (C=O) groups excluding carboxylic acids is 1. The molecule has 1 amide bonds. The van der Waals surface area contributed by atoms with E-state index < -0.39 is 0 Å². The number of methoxy groups -OCH3 is 1. The van der Waals surface area contributed by atoms with Crippen molar-refractivity contribution >= 4 is 5.91 Å². The molecule has 90 valence electrons. The van der Waals surface area contributed by atoms with Crippen LogP contribution in [0.25, 0.3) is 0 Å². The average molecular weight is 224 g/mol. The third-order valence-corrected chi connectivity index (χ3v) is 3.72. The minimum atomic E-state index is -0.354. The molecule has 0 aromatic rings. The Morgan fingerprint density at radius 2 is 2.38 bits per heavy atom. The third kappa shape index (κ3) is 2.44. The van der Waals surface area contributed by atoms with Gasteiger partial charge in [-0.2, -0.15) is 0 Å². The van der Waals surface area contributed by atoms with E-state index in [0.717, 1.165) is 12.5 Å². The molecule has 4 unspecified atom stereocenters. The summed E-state index contributed by atoms with van der Waals surface area (Å²) in [5.74, 6) is 1.80. The molecule has 0 heterocycles. The molecule has 1 fully saturated rings. The van der Waals surface area contributed by atoms with Crippen LogP contribution in [0.5, 0.6) is 0 Å². The number of rotatable bonds is 6. The Balaban J connectivity index is 1.78. The Morgan fingerprint density at radius 3 is 2.88 bits per heavy atom. The summed E-state index contributed by atoms with van der Waals surface area (Å²) in [7, 11) is 1.58. The van der Waals surface area contributed by atoms with Crippen molar-refractivity contribution in [1.29, 1.82) is 0 Å². The summed E-state index contributed by atoms with van der Waals surface area (Å²) < 4.78 is 4.97. The van der Waals surface area contributed by atoms with E-state index in [1.54, 1.807) is 7.11 Å². The van der Waals surface area contributed by atoms with E-state index in [1.807, 2.05) is 0 Å². The van der Waals surface area contributed by atoms with Crippen molar-refractivity contribution in [1.82, 2.24) is 5.32 Å². The number of allylic oxidation sites excluding steroid dienone is 2. The fourth-order valence-corrected chi connectivity index (χ4v) is 2.83. The van der Waals surface area contributed by atoms with Crippen molar-refractivity contribution < 1.29 is 9.53 Å². The van der Waals surface area contributed by atoms with Crippen LogP contribution in [0, 0.1) is 17.8 Å². The molecule has 3 N–H and O–H groups in total. The van der Waals surface area contributed by atoms with Gasteiger partial charge < -0.3 is 15.8 Å². The van der Waals surface area contributed by atoms with Gasteiger partial charge in [0.2, 0.25) is 5.91 Å². The lowest BCUT2D eigenvalue weighted by Gasteiger charge is -2.21. The van der Waals surface area contributed by atoms with Gasteiger partial charge in [-0.1, -0.05) is 12.2 Å². The maximum atomic E-state index is 11.1. The zero-order chi connectivity index (χ0) is 11.5. The van der Waals surface area contributed by atoms with Crippen LogP contribution < -0.4 is 11.1 Å². The van der Waals surface area contributed by atoms with Crippen LogP contribution in [0.4, 0.5) is 0 Å². The second kappa shape index (κ2) is 4.97. The minimum Gasteiger partial charge on any atom is -0.383 e. The van der Waals surface area contributed by atoms with Crippen LogP contribution in [-0.4, -0.2) is 32.2 Å². The summed E-state index contributed by atoms with van der Waals surface area (Å²) in [6.07, 6.45) is 7.17. The van der Waals surface area contributed by atoms with Crippen LogP contribution in [0.1, 0.15) is 12.8 Å². The molecule has 2 rings (SSSR count). The lowest BCUT2D eigenvalue weighted by Crippen LogP contribution is -2.46. The van der Waals surface area contributed by atoms with Crippen LogP contribution in [0.15, 0.2) is 12.2 Å². The van der Waals surface area contributed by atoms with Crippen LogP contribution in [0.3, 0.4) is 0 Å². The Kier molecular flexibility index (Phi) is 3.61. The molecule has 1 saturated carbocycles. The van der Waals surface area contributed by atoms with E-state index in [2.05, 4.69) is 17.5 Å². The fraction of sp³-hybridized carbons (Fsp3) is 0.750. The largest absolute Gasteiger partial charge is 0.383 e. The van der Waals surface area contributed by atoms with Crippen molar-refractivity contribution in [3.8, 4) is 0 Å². The second-order valence-corrected chi connectivity index (χ2v) is 4.86. The molecule has 2 bridgehead atoms. The number of primary amides is 1. The Hall–Kier alpha value is -0.870. The predicted octanol–water partition coefficient (Wildman–Crippen LogP) is 0.289. The van der Waals surface area contributed by atoms with Crippen molar-refractivity contribution in [2.45, 2.75) is 18.9 Å². The van der Waals surface area contributed by atoms with Gasteiger partial charge >= 0.3 is 0 Å². The normalized spacial score (nSPS) is 33.2. The molecular formula is C12H20N2O2. The fourth-order valence-electron chi connectivity index (χ4n) is 2.83. The van der Waals surface area contributed by atoms with Crippen molar-refractivity contribution in [2.75, 3.05) is 20.3 Å². The van der Waals surface area contributed by atoms with Crippen molar-refractivity contribution in [3.63, 3.8) is 0 Å². The molecular weight excluding hydrogens is 204 g/mol. The van der Waals surface area contributed by atoms with Gasteiger partial charge in [0.05, 0.1) is 6.61 Å². The molecule has 0 saturated heterocycles. The van der Waals surface area contributed by atoms with Crippen LogP contribution in [-0.2, 0) is 9.53 Å². The molecule has 0 aromatic heterocycles. The van der Waals surface area contributed by atoms with E-state index in [1.165, 1.54) is 12.8 Å². The molecule has 0 spiro atoms. The minimum absolute atomic E-state index is 0.333. The summed E-state index contributed by atoms with van der Waals surface area (Å²) in [4.78, 5) is 11.1. The summed E-state index contributed by atoms with van der Waals surface area (Å²) in [6, 6.07) is -0.354. The lowest BCUT2D eigenvalue weighted by molar-refractivity contribution is -0.121. The Bertz CT molecular complexity index is 291. The van der Waals surface area contributed by atoms with E-state index in [0.29, 0.717) is 18.4 Å². The monoisotopic (exact) mass is 224 g/mol. The van der Waals surface area contributed by atoms with E-state index in [4.69, 9.17) is 10.5 Å². The predicted molar refractivity (Wildman–Crippen MR) is 61.7 cm³/mol. The zero-order valence-corrected chi connectivity index (χ0v) is 9.69. The van der Waals surface area contributed by atoms with Gasteiger partial charge in [0.1, 0.15) is 6.04 Å². The molecule has 2 aliphatic carbocycles. The van der Waals surface area contributed by atoms with Crippen LogP contribution in [0.2, 0.25) is 0 Å². The number of nitrogens with two attached hydrogens (primary N) is 1. The van der Waals surface area contributed by atoms with Gasteiger partial charge in [0, 0.05) is 7.11 Å². The highest BCUT2D eigenvalue weighted by molar-refractivity contribution is 5.79.